The highest BCUT2D eigenvalue weighted by Crippen LogP contribution is 2.43. The lowest BCUT2D eigenvalue weighted by atomic mass is 10.0. The average molecular weight is 284 g/mol. The second-order valence-electron chi connectivity index (χ2n) is 4.86. The number of hydrogen-bond donors (Lipinski definition) is 1. The van der Waals surface area contributed by atoms with E-state index in [4.69, 9.17) is 0 Å². The van der Waals surface area contributed by atoms with Gasteiger partial charge in [0, 0.05) is 24.4 Å². The molecule has 0 aliphatic carbocycles. The molecule has 0 radical (unpaired) electrons. The Hall–Kier alpha value is -0.0300. The Bertz CT molecular complexity index is 360. The van der Waals surface area contributed by atoms with Crippen molar-refractivity contribution in [2.45, 2.75) is 42.7 Å². The van der Waals surface area contributed by atoms with Crippen LogP contribution in [0.1, 0.15) is 38.8 Å². The van der Waals surface area contributed by atoms with Gasteiger partial charge in [-0.05, 0) is 36.5 Å². The largest absolute Gasteiger partial charge is 0.309 e. The maximum absolute atomic E-state index is 3.75. The maximum Gasteiger partial charge on any atom is 0.0649 e. The zero-order chi connectivity index (χ0) is 13.0. The van der Waals surface area contributed by atoms with Crippen LogP contribution in [-0.2, 0) is 0 Å². The van der Waals surface area contributed by atoms with Crippen molar-refractivity contribution in [2.75, 3.05) is 26.2 Å². The first-order valence-corrected chi connectivity index (χ1v) is 8.70. The van der Waals surface area contributed by atoms with E-state index in [-0.39, 0.29) is 0 Å². The molecule has 2 nitrogen and oxygen atoms in total. The number of thiophene rings is 1. The molecule has 2 rings (SSSR count). The summed E-state index contributed by atoms with van der Waals surface area (Å²) in [6.07, 6.45) is 1.26. The predicted octanol–water partition coefficient (Wildman–Crippen LogP) is 3.60. The molecule has 1 aromatic rings. The summed E-state index contributed by atoms with van der Waals surface area (Å²) in [5.41, 5.74) is 1.53. The Morgan fingerprint density at radius 2 is 2.17 bits per heavy atom. The van der Waals surface area contributed by atoms with E-state index >= 15 is 0 Å². The lowest BCUT2D eigenvalue weighted by molar-refractivity contribution is 0.294. The van der Waals surface area contributed by atoms with E-state index < -0.39 is 0 Å². The zero-order valence-corrected chi connectivity index (χ0v) is 13.2. The highest BCUT2D eigenvalue weighted by Gasteiger charge is 2.25. The third-order valence-corrected chi connectivity index (χ3v) is 5.97. The van der Waals surface area contributed by atoms with Crippen LogP contribution in [0.5, 0.6) is 0 Å². The summed E-state index contributed by atoms with van der Waals surface area (Å²) in [7, 11) is 0. The molecule has 4 heteroatoms. The number of hydrogen-bond acceptors (Lipinski definition) is 4. The van der Waals surface area contributed by atoms with E-state index in [0.717, 1.165) is 31.4 Å². The van der Waals surface area contributed by atoms with E-state index in [1.807, 2.05) is 23.1 Å². The summed E-state index contributed by atoms with van der Waals surface area (Å²) < 4.78 is 1.52. The highest BCUT2D eigenvalue weighted by molar-refractivity contribution is 8.01. The number of thioether (sulfide) groups is 1. The van der Waals surface area contributed by atoms with Crippen molar-refractivity contribution in [2.24, 2.45) is 0 Å². The quantitative estimate of drug-likeness (QED) is 0.859. The fraction of sp³-hybridized carbons (Fsp3) is 0.714. The first kappa shape index (κ1) is 14.4. The number of nitrogens with zero attached hydrogens (tertiary/aromatic N) is 1. The summed E-state index contributed by atoms with van der Waals surface area (Å²) in [6, 6.07) is 2.87. The van der Waals surface area contributed by atoms with Gasteiger partial charge in [0.15, 0.2) is 0 Å². The first-order valence-electron chi connectivity index (χ1n) is 6.94. The monoisotopic (exact) mass is 284 g/mol. The second kappa shape index (κ2) is 6.94. The third-order valence-electron chi connectivity index (χ3n) is 3.62. The van der Waals surface area contributed by atoms with Crippen molar-refractivity contribution in [1.29, 1.82) is 0 Å². The number of likely N-dealkylation sites (N-methyl/N-ethyl adjacent to an activating group) is 1. The molecule has 1 N–H and O–H groups in total. The topological polar surface area (TPSA) is 15.3 Å². The minimum Gasteiger partial charge on any atom is -0.309 e. The standard InChI is InChI=1S/C14H24N2S2/c1-4-16(5-2)8-7-15-13-10-11(3)18-14-12(13)6-9-17-14/h6,9,11,13,15H,4-5,7-8,10H2,1-3H3/t11-,13?/m0/s1. The number of rotatable bonds is 6. The summed E-state index contributed by atoms with van der Waals surface area (Å²) in [5.74, 6) is 0. The summed E-state index contributed by atoms with van der Waals surface area (Å²) >= 11 is 3.93. The average Bonchev–Trinajstić information content (AvgIpc) is 2.82. The Labute approximate surface area is 119 Å². The summed E-state index contributed by atoms with van der Waals surface area (Å²) in [4.78, 5) is 2.47. The van der Waals surface area contributed by atoms with Crippen molar-refractivity contribution >= 4 is 23.1 Å². The van der Waals surface area contributed by atoms with E-state index in [0.29, 0.717) is 6.04 Å². The molecule has 0 amide bonds. The van der Waals surface area contributed by atoms with Crippen LogP contribution in [-0.4, -0.2) is 36.3 Å². The smallest absolute Gasteiger partial charge is 0.0649 e. The van der Waals surface area contributed by atoms with Gasteiger partial charge in [0.2, 0.25) is 0 Å². The molecule has 2 heterocycles. The minimum atomic E-state index is 0.568. The van der Waals surface area contributed by atoms with Crippen LogP contribution in [0.15, 0.2) is 15.7 Å². The first-order chi connectivity index (χ1) is 8.74. The van der Waals surface area contributed by atoms with Crippen LogP contribution >= 0.6 is 23.1 Å². The van der Waals surface area contributed by atoms with Crippen LogP contribution < -0.4 is 5.32 Å². The molecule has 1 unspecified atom stereocenters. The maximum atomic E-state index is 3.75. The predicted molar refractivity (Wildman–Crippen MR) is 82.8 cm³/mol. The molecular weight excluding hydrogens is 260 g/mol. The zero-order valence-electron chi connectivity index (χ0n) is 11.6. The van der Waals surface area contributed by atoms with E-state index in [2.05, 4.69) is 42.4 Å². The van der Waals surface area contributed by atoms with Gasteiger partial charge in [-0.3, -0.25) is 0 Å². The van der Waals surface area contributed by atoms with Crippen LogP contribution in [0.2, 0.25) is 0 Å². The molecule has 0 bridgehead atoms. The molecule has 0 saturated heterocycles. The molecular formula is C14H24N2S2. The van der Waals surface area contributed by atoms with Crippen molar-refractivity contribution < 1.29 is 0 Å². The molecule has 1 aliphatic heterocycles. The van der Waals surface area contributed by atoms with Crippen molar-refractivity contribution in [3.8, 4) is 0 Å². The lowest BCUT2D eigenvalue weighted by Gasteiger charge is -2.28. The molecule has 2 atom stereocenters. The summed E-state index contributed by atoms with van der Waals surface area (Å²) in [6.45, 7) is 11.4. The van der Waals surface area contributed by atoms with Crippen LogP contribution in [0.25, 0.3) is 0 Å². The van der Waals surface area contributed by atoms with Gasteiger partial charge in [-0.25, -0.2) is 0 Å². The van der Waals surface area contributed by atoms with Crippen molar-refractivity contribution in [3.63, 3.8) is 0 Å². The van der Waals surface area contributed by atoms with Crippen LogP contribution in [0.4, 0.5) is 0 Å². The van der Waals surface area contributed by atoms with Gasteiger partial charge in [0.05, 0.1) is 4.21 Å². The minimum absolute atomic E-state index is 0.568. The normalized spacial score (nSPS) is 23.3. The van der Waals surface area contributed by atoms with Crippen LogP contribution in [0.3, 0.4) is 0 Å². The SMILES string of the molecule is CCN(CC)CCNC1C[C@H](C)Sc2sccc21. The molecule has 1 aromatic heterocycles. The number of nitrogens with one attached hydrogen (secondary N) is 1. The molecule has 0 saturated carbocycles. The molecule has 0 fully saturated rings. The van der Waals surface area contributed by atoms with E-state index in [9.17, 15) is 0 Å². The van der Waals surface area contributed by atoms with E-state index in [1.54, 1.807) is 0 Å². The fourth-order valence-corrected chi connectivity index (χ4v) is 5.05. The van der Waals surface area contributed by atoms with Gasteiger partial charge < -0.3 is 10.2 Å². The van der Waals surface area contributed by atoms with Crippen molar-refractivity contribution in [1.82, 2.24) is 10.2 Å². The Morgan fingerprint density at radius 1 is 1.39 bits per heavy atom. The van der Waals surface area contributed by atoms with Crippen LogP contribution in [0, 0.1) is 0 Å². The molecule has 0 aromatic carbocycles. The Kier molecular flexibility index (Phi) is 5.55. The molecule has 1 aliphatic rings. The molecule has 18 heavy (non-hydrogen) atoms. The Balaban J connectivity index is 1.87. The lowest BCUT2D eigenvalue weighted by Crippen LogP contribution is -2.35. The Morgan fingerprint density at radius 3 is 2.89 bits per heavy atom. The van der Waals surface area contributed by atoms with Gasteiger partial charge in [-0.2, -0.15) is 0 Å². The van der Waals surface area contributed by atoms with Gasteiger partial charge in [0.25, 0.3) is 0 Å². The fourth-order valence-electron chi connectivity index (χ4n) is 2.48. The molecule has 102 valence electrons. The van der Waals surface area contributed by atoms with E-state index in [1.165, 1.54) is 16.2 Å². The second-order valence-corrected chi connectivity index (χ2v) is 7.48. The van der Waals surface area contributed by atoms with Gasteiger partial charge in [-0.15, -0.1) is 23.1 Å². The van der Waals surface area contributed by atoms with Gasteiger partial charge >= 0.3 is 0 Å². The van der Waals surface area contributed by atoms with Gasteiger partial charge in [0.1, 0.15) is 0 Å². The molecule has 0 spiro atoms. The third kappa shape index (κ3) is 3.50. The number of fused-ring (bicyclic) bond motifs is 1. The van der Waals surface area contributed by atoms with Gasteiger partial charge in [-0.1, -0.05) is 20.8 Å². The highest BCUT2D eigenvalue weighted by atomic mass is 32.2. The van der Waals surface area contributed by atoms with Crippen molar-refractivity contribution in [3.05, 3.63) is 17.0 Å². The summed E-state index contributed by atoms with van der Waals surface area (Å²) in [5, 5.41) is 6.71.